The molecule has 1 N–H and O–H groups in total. The van der Waals surface area contributed by atoms with Gasteiger partial charge in [0.25, 0.3) is 5.91 Å². The molecule has 0 fully saturated rings. The third kappa shape index (κ3) is 5.64. The van der Waals surface area contributed by atoms with Crippen LogP contribution in [0.4, 0.5) is 0 Å². The standard InChI is InChI=1S/C20H23NO6/c1-13(19(22)21-12-14-5-7-16(24-2)8-6-14)27-20(23)15-9-17(25-3)11-18(10-15)26-4/h5-11,13H,12H2,1-4H3,(H,21,22)/t13-/m0/s1. The number of rotatable bonds is 8. The van der Waals surface area contributed by atoms with Crippen molar-refractivity contribution in [3.8, 4) is 17.2 Å². The largest absolute Gasteiger partial charge is 0.497 e. The van der Waals surface area contributed by atoms with Gasteiger partial charge in [0, 0.05) is 12.6 Å². The molecule has 1 atom stereocenters. The first-order chi connectivity index (χ1) is 13.0. The Bertz CT molecular complexity index is 765. The number of nitrogens with one attached hydrogen (secondary N) is 1. The lowest BCUT2D eigenvalue weighted by atomic mass is 10.2. The molecule has 0 aliphatic heterocycles. The molecule has 0 spiro atoms. The monoisotopic (exact) mass is 373 g/mol. The van der Waals surface area contributed by atoms with Gasteiger partial charge in [-0.15, -0.1) is 0 Å². The van der Waals surface area contributed by atoms with E-state index in [1.54, 1.807) is 25.3 Å². The Kier molecular flexibility index (Phi) is 7.05. The molecule has 0 saturated carbocycles. The molecule has 0 radical (unpaired) electrons. The Labute approximate surface area is 158 Å². The van der Waals surface area contributed by atoms with Crippen LogP contribution in [-0.4, -0.2) is 39.3 Å². The average molecular weight is 373 g/mol. The number of ether oxygens (including phenoxy) is 4. The smallest absolute Gasteiger partial charge is 0.339 e. The van der Waals surface area contributed by atoms with Gasteiger partial charge >= 0.3 is 5.97 Å². The van der Waals surface area contributed by atoms with Gasteiger partial charge in [0.05, 0.1) is 26.9 Å². The molecule has 0 aliphatic carbocycles. The van der Waals surface area contributed by atoms with Crippen LogP contribution in [0.3, 0.4) is 0 Å². The number of benzene rings is 2. The second-order valence-corrected chi connectivity index (χ2v) is 5.71. The van der Waals surface area contributed by atoms with E-state index in [1.807, 2.05) is 12.1 Å². The first-order valence-corrected chi connectivity index (χ1v) is 8.31. The lowest BCUT2D eigenvalue weighted by Crippen LogP contribution is -2.35. The normalized spacial score (nSPS) is 11.3. The molecular formula is C20H23NO6. The van der Waals surface area contributed by atoms with E-state index in [2.05, 4.69) is 5.32 Å². The van der Waals surface area contributed by atoms with Crippen molar-refractivity contribution in [3.63, 3.8) is 0 Å². The maximum Gasteiger partial charge on any atom is 0.339 e. The van der Waals surface area contributed by atoms with Crippen LogP contribution in [0.25, 0.3) is 0 Å². The summed E-state index contributed by atoms with van der Waals surface area (Å²) in [5.41, 5.74) is 1.14. The van der Waals surface area contributed by atoms with Gasteiger partial charge in [0.15, 0.2) is 6.10 Å². The van der Waals surface area contributed by atoms with Crippen LogP contribution in [0.2, 0.25) is 0 Å². The fourth-order valence-electron chi connectivity index (χ4n) is 2.28. The molecule has 0 aromatic heterocycles. The van der Waals surface area contributed by atoms with Crippen molar-refractivity contribution in [2.24, 2.45) is 0 Å². The number of carbonyl (C=O) groups excluding carboxylic acids is 2. The summed E-state index contributed by atoms with van der Waals surface area (Å²) in [5, 5.41) is 2.73. The van der Waals surface area contributed by atoms with Gasteiger partial charge in [-0.2, -0.15) is 0 Å². The SMILES string of the molecule is COc1ccc(CNC(=O)[C@H](C)OC(=O)c2cc(OC)cc(OC)c2)cc1. The summed E-state index contributed by atoms with van der Waals surface area (Å²) in [7, 11) is 4.56. The van der Waals surface area contributed by atoms with Gasteiger partial charge in [-0.3, -0.25) is 4.79 Å². The van der Waals surface area contributed by atoms with Crippen molar-refractivity contribution in [1.82, 2.24) is 5.32 Å². The maximum atomic E-state index is 12.3. The first kappa shape index (κ1) is 20.1. The third-order valence-corrected chi connectivity index (χ3v) is 3.87. The molecule has 0 saturated heterocycles. The van der Waals surface area contributed by atoms with Crippen LogP contribution >= 0.6 is 0 Å². The summed E-state index contributed by atoms with van der Waals surface area (Å²) < 4.78 is 20.6. The van der Waals surface area contributed by atoms with Crippen LogP contribution in [0.5, 0.6) is 17.2 Å². The van der Waals surface area contributed by atoms with E-state index >= 15 is 0 Å². The minimum absolute atomic E-state index is 0.237. The van der Waals surface area contributed by atoms with E-state index in [0.717, 1.165) is 11.3 Å². The second kappa shape index (κ2) is 9.47. The van der Waals surface area contributed by atoms with Gasteiger partial charge in [-0.25, -0.2) is 4.79 Å². The molecule has 144 valence electrons. The highest BCUT2D eigenvalue weighted by atomic mass is 16.5. The number of esters is 1. The molecule has 7 nitrogen and oxygen atoms in total. The molecule has 1 amide bonds. The quantitative estimate of drug-likeness (QED) is 0.716. The minimum atomic E-state index is -0.951. The Hall–Kier alpha value is -3.22. The maximum absolute atomic E-state index is 12.3. The van der Waals surface area contributed by atoms with E-state index in [-0.39, 0.29) is 5.56 Å². The zero-order valence-electron chi connectivity index (χ0n) is 15.8. The summed E-state index contributed by atoms with van der Waals surface area (Å²) in [6, 6.07) is 12.0. The zero-order valence-corrected chi connectivity index (χ0v) is 15.8. The lowest BCUT2D eigenvalue weighted by Gasteiger charge is -2.14. The fraction of sp³-hybridized carbons (Fsp3) is 0.300. The molecule has 27 heavy (non-hydrogen) atoms. The highest BCUT2D eigenvalue weighted by molar-refractivity contribution is 5.93. The van der Waals surface area contributed by atoms with Crippen LogP contribution in [0.1, 0.15) is 22.8 Å². The van der Waals surface area contributed by atoms with Crippen molar-refractivity contribution < 1.29 is 28.5 Å². The molecule has 2 rings (SSSR count). The Morgan fingerprint density at radius 1 is 0.889 bits per heavy atom. The van der Waals surface area contributed by atoms with Crippen molar-refractivity contribution in [2.75, 3.05) is 21.3 Å². The lowest BCUT2D eigenvalue weighted by molar-refractivity contribution is -0.129. The molecule has 7 heteroatoms. The van der Waals surface area contributed by atoms with Crippen molar-refractivity contribution in [2.45, 2.75) is 19.6 Å². The van der Waals surface area contributed by atoms with Crippen LogP contribution in [0, 0.1) is 0 Å². The van der Waals surface area contributed by atoms with Gasteiger partial charge in [0.2, 0.25) is 0 Å². The molecule has 0 bridgehead atoms. The number of hydrogen-bond acceptors (Lipinski definition) is 6. The Morgan fingerprint density at radius 2 is 1.44 bits per heavy atom. The van der Waals surface area contributed by atoms with Crippen LogP contribution in [0.15, 0.2) is 42.5 Å². The van der Waals surface area contributed by atoms with Crippen molar-refractivity contribution in [3.05, 3.63) is 53.6 Å². The summed E-state index contributed by atoms with van der Waals surface area (Å²) in [5.74, 6) is 0.616. The predicted octanol–water partition coefficient (Wildman–Crippen LogP) is 2.57. The summed E-state index contributed by atoms with van der Waals surface area (Å²) in [6.45, 7) is 1.83. The molecule has 2 aromatic carbocycles. The average Bonchev–Trinajstić information content (AvgIpc) is 2.71. The van der Waals surface area contributed by atoms with Crippen molar-refractivity contribution in [1.29, 1.82) is 0 Å². The summed E-state index contributed by atoms with van der Waals surface area (Å²) in [4.78, 5) is 24.5. The molecule has 0 unspecified atom stereocenters. The molecule has 0 heterocycles. The van der Waals surface area contributed by atoms with Gasteiger partial charge in [-0.1, -0.05) is 12.1 Å². The van der Waals surface area contributed by atoms with Gasteiger partial charge in [-0.05, 0) is 36.8 Å². The van der Waals surface area contributed by atoms with E-state index in [4.69, 9.17) is 18.9 Å². The second-order valence-electron chi connectivity index (χ2n) is 5.71. The number of amides is 1. The Morgan fingerprint density at radius 3 is 1.96 bits per heavy atom. The topological polar surface area (TPSA) is 83.1 Å². The minimum Gasteiger partial charge on any atom is -0.497 e. The van der Waals surface area contributed by atoms with Gasteiger partial charge in [0.1, 0.15) is 17.2 Å². The molecule has 2 aromatic rings. The summed E-state index contributed by atoms with van der Waals surface area (Å²) >= 11 is 0. The number of hydrogen-bond donors (Lipinski definition) is 1. The molecular weight excluding hydrogens is 350 g/mol. The molecule has 0 aliphatic rings. The fourth-order valence-corrected chi connectivity index (χ4v) is 2.28. The highest BCUT2D eigenvalue weighted by Gasteiger charge is 2.20. The van der Waals surface area contributed by atoms with Crippen molar-refractivity contribution >= 4 is 11.9 Å². The predicted molar refractivity (Wildman–Crippen MR) is 99.3 cm³/mol. The zero-order chi connectivity index (χ0) is 19.8. The van der Waals surface area contributed by atoms with Crippen LogP contribution in [-0.2, 0) is 16.1 Å². The van der Waals surface area contributed by atoms with Crippen LogP contribution < -0.4 is 19.5 Å². The van der Waals surface area contributed by atoms with E-state index < -0.39 is 18.0 Å². The van der Waals surface area contributed by atoms with E-state index in [9.17, 15) is 9.59 Å². The first-order valence-electron chi connectivity index (χ1n) is 8.31. The van der Waals surface area contributed by atoms with Gasteiger partial charge < -0.3 is 24.3 Å². The third-order valence-electron chi connectivity index (χ3n) is 3.87. The number of carbonyl (C=O) groups is 2. The van der Waals surface area contributed by atoms with E-state index in [1.165, 1.54) is 33.3 Å². The number of methoxy groups -OCH3 is 3. The Balaban J connectivity index is 1.93. The summed E-state index contributed by atoms with van der Waals surface area (Å²) in [6.07, 6.45) is -0.951. The highest BCUT2D eigenvalue weighted by Crippen LogP contribution is 2.23. The van der Waals surface area contributed by atoms with E-state index in [0.29, 0.717) is 18.0 Å².